The Kier molecular flexibility index (Phi) is 7.55. The van der Waals surface area contributed by atoms with Gasteiger partial charge in [-0.05, 0) is 69.2 Å². The highest BCUT2D eigenvalue weighted by atomic mass is 35.5. The van der Waals surface area contributed by atoms with E-state index in [0.29, 0.717) is 34.7 Å². The zero-order valence-corrected chi connectivity index (χ0v) is 19.6. The number of benzene rings is 2. The van der Waals surface area contributed by atoms with Crippen LogP contribution in [0.1, 0.15) is 37.0 Å². The Morgan fingerprint density at radius 3 is 2.56 bits per heavy atom. The van der Waals surface area contributed by atoms with E-state index < -0.39 is 0 Å². The molecule has 7 heteroatoms. The van der Waals surface area contributed by atoms with Crippen molar-refractivity contribution in [1.82, 2.24) is 4.90 Å². The van der Waals surface area contributed by atoms with Crippen LogP contribution in [-0.2, 0) is 4.74 Å². The van der Waals surface area contributed by atoms with Gasteiger partial charge >= 0.3 is 0 Å². The van der Waals surface area contributed by atoms with Gasteiger partial charge in [0, 0.05) is 55.1 Å². The van der Waals surface area contributed by atoms with Crippen molar-refractivity contribution < 1.29 is 14.3 Å². The minimum atomic E-state index is -0.189. The summed E-state index contributed by atoms with van der Waals surface area (Å²) in [6.07, 6.45) is 2.15. The quantitative estimate of drug-likeness (QED) is 0.654. The second-order valence-electron chi connectivity index (χ2n) is 8.70. The summed E-state index contributed by atoms with van der Waals surface area (Å²) in [7, 11) is 0. The molecule has 32 heavy (non-hydrogen) atoms. The van der Waals surface area contributed by atoms with Crippen molar-refractivity contribution in [2.45, 2.75) is 38.8 Å². The number of nitrogens with one attached hydrogen (secondary N) is 1. The largest absolute Gasteiger partial charge is 0.489 e. The van der Waals surface area contributed by atoms with E-state index in [4.69, 9.17) is 21.1 Å². The van der Waals surface area contributed by atoms with E-state index in [1.54, 1.807) is 18.2 Å². The van der Waals surface area contributed by atoms with Gasteiger partial charge in [0.25, 0.3) is 5.91 Å². The van der Waals surface area contributed by atoms with Gasteiger partial charge in [-0.2, -0.15) is 0 Å². The number of carbonyl (C=O) groups excluding carboxylic acids is 1. The average Bonchev–Trinajstić information content (AvgIpc) is 3.32. The second-order valence-corrected chi connectivity index (χ2v) is 9.14. The normalized spacial score (nSPS) is 19.4. The maximum absolute atomic E-state index is 12.9. The monoisotopic (exact) mass is 457 g/mol. The van der Waals surface area contributed by atoms with Crippen LogP contribution in [0.25, 0.3) is 0 Å². The first-order valence-electron chi connectivity index (χ1n) is 11.4. The van der Waals surface area contributed by atoms with Crippen molar-refractivity contribution >= 4 is 28.9 Å². The van der Waals surface area contributed by atoms with Crippen molar-refractivity contribution in [3.05, 3.63) is 53.1 Å². The molecule has 2 aliphatic rings. The molecule has 0 radical (unpaired) electrons. The van der Waals surface area contributed by atoms with E-state index in [1.807, 2.05) is 24.3 Å². The molecule has 2 aromatic rings. The number of hydrogen-bond acceptors (Lipinski definition) is 5. The third-order valence-electron chi connectivity index (χ3n) is 6.18. The van der Waals surface area contributed by atoms with Gasteiger partial charge in [-0.25, -0.2) is 0 Å². The molecule has 2 aliphatic heterocycles. The zero-order chi connectivity index (χ0) is 22.5. The van der Waals surface area contributed by atoms with Gasteiger partial charge in [-0.3, -0.25) is 9.69 Å². The number of nitrogens with zero attached hydrogens (tertiary/aromatic N) is 2. The predicted molar refractivity (Wildman–Crippen MR) is 129 cm³/mol. The molecule has 0 aromatic heterocycles. The van der Waals surface area contributed by atoms with Crippen molar-refractivity contribution in [3.8, 4) is 5.75 Å². The van der Waals surface area contributed by atoms with E-state index in [1.165, 1.54) is 0 Å². The highest BCUT2D eigenvalue weighted by Crippen LogP contribution is 2.29. The molecule has 1 unspecified atom stereocenters. The SMILES string of the molecule is CC(C)N1CCN(c2ccc(C(=O)Nc3cc(Cl)ccc3OCC3CCCO3)cc2)CC1. The van der Waals surface area contributed by atoms with E-state index in [2.05, 4.69) is 29.0 Å². The number of ether oxygens (including phenoxy) is 2. The smallest absolute Gasteiger partial charge is 0.255 e. The van der Waals surface area contributed by atoms with Crippen molar-refractivity contribution in [1.29, 1.82) is 0 Å². The first-order chi connectivity index (χ1) is 15.5. The van der Waals surface area contributed by atoms with Gasteiger partial charge in [-0.15, -0.1) is 0 Å². The fourth-order valence-corrected chi connectivity index (χ4v) is 4.37. The lowest BCUT2D eigenvalue weighted by Gasteiger charge is -2.38. The molecule has 2 aromatic carbocycles. The van der Waals surface area contributed by atoms with Gasteiger partial charge in [0.1, 0.15) is 12.4 Å². The fourth-order valence-electron chi connectivity index (χ4n) is 4.20. The third kappa shape index (κ3) is 5.74. The first kappa shape index (κ1) is 22.9. The number of amides is 1. The van der Waals surface area contributed by atoms with Gasteiger partial charge in [0.2, 0.25) is 0 Å². The van der Waals surface area contributed by atoms with Crippen LogP contribution in [0.2, 0.25) is 5.02 Å². The summed E-state index contributed by atoms with van der Waals surface area (Å²) in [4.78, 5) is 17.7. The molecule has 0 bridgehead atoms. The number of piperazine rings is 1. The highest BCUT2D eigenvalue weighted by Gasteiger charge is 2.20. The number of halogens is 1. The van der Waals surface area contributed by atoms with Crippen LogP contribution in [0.4, 0.5) is 11.4 Å². The molecule has 1 N–H and O–H groups in total. The molecule has 2 saturated heterocycles. The van der Waals surface area contributed by atoms with Gasteiger partial charge in [-0.1, -0.05) is 11.6 Å². The van der Waals surface area contributed by atoms with Crippen LogP contribution in [0.15, 0.2) is 42.5 Å². The Hall–Kier alpha value is -2.28. The predicted octanol–water partition coefficient (Wildman–Crippen LogP) is 4.68. The van der Waals surface area contributed by atoms with E-state index in [9.17, 15) is 4.79 Å². The Bertz CT molecular complexity index is 905. The van der Waals surface area contributed by atoms with Crippen LogP contribution in [0, 0.1) is 0 Å². The average molecular weight is 458 g/mol. The lowest BCUT2D eigenvalue weighted by Crippen LogP contribution is -2.48. The van der Waals surface area contributed by atoms with Crippen molar-refractivity contribution in [3.63, 3.8) is 0 Å². The topological polar surface area (TPSA) is 54.0 Å². The maximum Gasteiger partial charge on any atom is 0.255 e. The molecule has 6 nitrogen and oxygen atoms in total. The molecule has 0 aliphatic carbocycles. The number of hydrogen-bond donors (Lipinski definition) is 1. The summed E-state index contributed by atoms with van der Waals surface area (Å²) in [6, 6.07) is 13.6. The highest BCUT2D eigenvalue weighted by molar-refractivity contribution is 6.31. The van der Waals surface area contributed by atoms with E-state index >= 15 is 0 Å². The third-order valence-corrected chi connectivity index (χ3v) is 6.41. The number of anilines is 2. The molecule has 0 spiro atoms. The fraction of sp³-hybridized carbons (Fsp3) is 0.480. The Morgan fingerprint density at radius 1 is 1.16 bits per heavy atom. The van der Waals surface area contributed by atoms with Crippen LogP contribution in [0.5, 0.6) is 5.75 Å². The van der Waals surface area contributed by atoms with Crippen LogP contribution >= 0.6 is 11.6 Å². The lowest BCUT2D eigenvalue weighted by molar-refractivity contribution is 0.0682. The van der Waals surface area contributed by atoms with Crippen LogP contribution < -0.4 is 15.0 Å². The van der Waals surface area contributed by atoms with Gasteiger partial charge < -0.3 is 19.7 Å². The molecule has 1 amide bonds. The Balaban J connectivity index is 1.38. The van der Waals surface area contributed by atoms with E-state index in [-0.39, 0.29) is 12.0 Å². The molecule has 1 atom stereocenters. The van der Waals surface area contributed by atoms with Crippen molar-refractivity contribution in [2.75, 3.05) is 49.6 Å². The molecule has 2 heterocycles. The van der Waals surface area contributed by atoms with Crippen LogP contribution in [-0.4, -0.2) is 62.3 Å². The zero-order valence-electron chi connectivity index (χ0n) is 18.9. The Morgan fingerprint density at radius 2 is 1.91 bits per heavy atom. The summed E-state index contributed by atoms with van der Waals surface area (Å²) in [6.45, 7) is 9.83. The van der Waals surface area contributed by atoms with Gasteiger partial charge in [0.05, 0.1) is 11.8 Å². The first-order valence-corrected chi connectivity index (χ1v) is 11.8. The summed E-state index contributed by atoms with van der Waals surface area (Å²) in [5.41, 5.74) is 2.31. The lowest BCUT2D eigenvalue weighted by atomic mass is 10.1. The van der Waals surface area contributed by atoms with Crippen LogP contribution in [0.3, 0.4) is 0 Å². The number of carbonyl (C=O) groups is 1. The standard InChI is InChI=1S/C25H32ClN3O3/c1-18(2)28-11-13-29(14-12-28)21-8-5-19(6-9-21)25(30)27-23-16-20(26)7-10-24(23)32-17-22-4-3-15-31-22/h5-10,16,18,22H,3-4,11-15,17H2,1-2H3,(H,27,30). The molecule has 2 fully saturated rings. The minimum Gasteiger partial charge on any atom is -0.489 e. The summed E-state index contributed by atoms with van der Waals surface area (Å²) in [5.74, 6) is 0.406. The minimum absolute atomic E-state index is 0.101. The number of rotatable bonds is 7. The maximum atomic E-state index is 12.9. The molecular weight excluding hydrogens is 426 g/mol. The Labute approximate surface area is 195 Å². The molecule has 172 valence electrons. The summed E-state index contributed by atoms with van der Waals surface area (Å²) in [5, 5.41) is 3.49. The summed E-state index contributed by atoms with van der Waals surface area (Å²) >= 11 is 6.17. The molecular formula is C25H32ClN3O3. The van der Waals surface area contributed by atoms with Crippen molar-refractivity contribution in [2.24, 2.45) is 0 Å². The summed E-state index contributed by atoms with van der Waals surface area (Å²) < 4.78 is 11.5. The molecule has 0 saturated carbocycles. The second kappa shape index (κ2) is 10.6. The van der Waals surface area contributed by atoms with Gasteiger partial charge in [0.15, 0.2) is 0 Å². The van der Waals surface area contributed by atoms with E-state index in [0.717, 1.165) is 51.3 Å². The molecule has 4 rings (SSSR count).